The molecule has 0 saturated carbocycles. The third-order valence-electron chi connectivity index (χ3n) is 2.37. The quantitative estimate of drug-likeness (QED) is 0.782. The molecular formula is C13H10ClNO. The van der Waals surface area contributed by atoms with E-state index in [1.807, 2.05) is 25.1 Å². The van der Waals surface area contributed by atoms with Gasteiger partial charge in [0, 0.05) is 12.0 Å². The first-order valence-corrected chi connectivity index (χ1v) is 5.41. The van der Waals surface area contributed by atoms with Crippen molar-refractivity contribution in [2.75, 3.05) is 0 Å². The smallest absolute Gasteiger partial charge is 0.153 e. The first-order valence-electron chi connectivity index (χ1n) is 5.04. The van der Waals surface area contributed by atoms with Gasteiger partial charge in [0.05, 0.1) is 10.6 Å². The van der Waals surface area contributed by atoms with Crippen LogP contribution in [0.25, 0.3) is 11.3 Å². The highest BCUT2D eigenvalue weighted by Gasteiger charge is 2.14. The summed E-state index contributed by atoms with van der Waals surface area (Å²) < 4.78 is 5.61. The molecule has 16 heavy (non-hydrogen) atoms. The van der Waals surface area contributed by atoms with Gasteiger partial charge in [-0.05, 0) is 18.2 Å². The zero-order valence-corrected chi connectivity index (χ0v) is 9.58. The fraction of sp³-hybridized carbons (Fsp3) is 0.154. The number of halogens is 1. The minimum Gasteiger partial charge on any atom is -0.460 e. The number of nitriles is 1. The van der Waals surface area contributed by atoms with Crippen molar-refractivity contribution in [1.82, 2.24) is 0 Å². The van der Waals surface area contributed by atoms with Crippen LogP contribution in [0.1, 0.15) is 18.2 Å². The summed E-state index contributed by atoms with van der Waals surface area (Å²) in [6, 6.07) is 11.2. The van der Waals surface area contributed by atoms with Gasteiger partial charge in [-0.2, -0.15) is 5.26 Å². The van der Waals surface area contributed by atoms with Crippen molar-refractivity contribution < 1.29 is 4.42 Å². The molecular weight excluding hydrogens is 222 g/mol. The van der Waals surface area contributed by atoms with Crippen LogP contribution in [0.2, 0.25) is 5.02 Å². The van der Waals surface area contributed by atoms with Crippen molar-refractivity contribution in [3.63, 3.8) is 0 Å². The number of benzene rings is 1. The SMILES string of the molecule is CCc1cc(C#N)c(-c2ccccc2Cl)o1. The molecule has 1 aromatic carbocycles. The van der Waals surface area contributed by atoms with E-state index in [0.29, 0.717) is 16.3 Å². The summed E-state index contributed by atoms with van der Waals surface area (Å²) in [4.78, 5) is 0. The Kier molecular flexibility index (Phi) is 2.98. The third kappa shape index (κ3) is 1.82. The van der Waals surface area contributed by atoms with Crippen LogP contribution >= 0.6 is 11.6 Å². The average Bonchev–Trinajstić information content (AvgIpc) is 2.72. The van der Waals surface area contributed by atoms with Gasteiger partial charge in [-0.15, -0.1) is 0 Å². The lowest BCUT2D eigenvalue weighted by molar-refractivity contribution is 0.529. The van der Waals surface area contributed by atoms with Crippen LogP contribution in [-0.4, -0.2) is 0 Å². The molecule has 0 aliphatic rings. The van der Waals surface area contributed by atoms with Crippen LogP contribution in [0.5, 0.6) is 0 Å². The molecule has 80 valence electrons. The summed E-state index contributed by atoms with van der Waals surface area (Å²) in [5.74, 6) is 1.36. The molecule has 0 atom stereocenters. The highest BCUT2D eigenvalue weighted by molar-refractivity contribution is 6.33. The summed E-state index contributed by atoms with van der Waals surface area (Å²) in [7, 11) is 0. The van der Waals surface area contributed by atoms with Crippen LogP contribution in [0.3, 0.4) is 0 Å². The van der Waals surface area contributed by atoms with Gasteiger partial charge in [0.25, 0.3) is 0 Å². The Morgan fingerprint density at radius 1 is 1.38 bits per heavy atom. The van der Waals surface area contributed by atoms with Gasteiger partial charge in [0.2, 0.25) is 0 Å². The monoisotopic (exact) mass is 231 g/mol. The molecule has 0 aliphatic heterocycles. The average molecular weight is 232 g/mol. The first-order chi connectivity index (χ1) is 7.76. The fourth-order valence-electron chi connectivity index (χ4n) is 1.54. The van der Waals surface area contributed by atoms with Crippen molar-refractivity contribution >= 4 is 11.6 Å². The number of hydrogen-bond acceptors (Lipinski definition) is 2. The standard InChI is InChI=1S/C13H10ClNO/c1-2-10-7-9(8-15)13(16-10)11-5-3-4-6-12(11)14/h3-7H,2H2,1H3. The Morgan fingerprint density at radius 3 is 2.75 bits per heavy atom. The Labute approximate surface area is 99.1 Å². The second kappa shape index (κ2) is 4.42. The Bertz CT molecular complexity index is 551. The zero-order chi connectivity index (χ0) is 11.5. The zero-order valence-electron chi connectivity index (χ0n) is 8.83. The number of furan rings is 1. The Morgan fingerprint density at radius 2 is 2.12 bits per heavy atom. The highest BCUT2D eigenvalue weighted by Crippen LogP contribution is 2.32. The molecule has 0 saturated heterocycles. The highest BCUT2D eigenvalue weighted by atomic mass is 35.5. The molecule has 0 aliphatic carbocycles. The predicted octanol–water partition coefficient (Wildman–Crippen LogP) is 4.03. The second-order valence-corrected chi connectivity index (χ2v) is 3.81. The molecule has 0 radical (unpaired) electrons. The molecule has 0 N–H and O–H groups in total. The van der Waals surface area contributed by atoms with E-state index in [1.165, 1.54) is 0 Å². The summed E-state index contributed by atoms with van der Waals surface area (Å²) >= 11 is 6.07. The van der Waals surface area contributed by atoms with E-state index in [2.05, 4.69) is 6.07 Å². The minimum absolute atomic E-state index is 0.532. The van der Waals surface area contributed by atoms with Gasteiger partial charge in [-0.3, -0.25) is 0 Å². The van der Waals surface area contributed by atoms with E-state index < -0.39 is 0 Å². The summed E-state index contributed by atoms with van der Waals surface area (Å²) in [6.45, 7) is 1.98. The van der Waals surface area contributed by atoms with Crippen LogP contribution in [-0.2, 0) is 6.42 Å². The number of hydrogen-bond donors (Lipinski definition) is 0. The van der Waals surface area contributed by atoms with Gasteiger partial charge < -0.3 is 4.42 Å². The number of rotatable bonds is 2. The van der Waals surface area contributed by atoms with Gasteiger partial charge in [0.15, 0.2) is 5.76 Å². The van der Waals surface area contributed by atoms with E-state index in [9.17, 15) is 0 Å². The van der Waals surface area contributed by atoms with Crippen molar-refractivity contribution in [1.29, 1.82) is 5.26 Å². The third-order valence-corrected chi connectivity index (χ3v) is 2.70. The predicted molar refractivity (Wildman–Crippen MR) is 63.2 cm³/mol. The first kappa shape index (κ1) is 10.8. The van der Waals surface area contributed by atoms with Crippen LogP contribution in [0.4, 0.5) is 0 Å². The lowest BCUT2D eigenvalue weighted by Crippen LogP contribution is -1.79. The minimum atomic E-state index is 0.532. The lowest BCUT2D eigenvalue weighted by atomic mass is 10.1. The van der Waals surface area contributed by atoms with E-state index >= 15 is 0 Å². The van der Waals surface area contributed by atoms with Crippen molar-refractivity contribution in [3.8, 4) is 17.4 Å². The van der Waals surface area contributed by atoms with Crippen molar-refractivity contribution in [2.45, 2.75) is 13.3 Å². The normalized spacial score (nSPS) is 10.1. The van der Waals surface area contributed by atoms with Crippen LogP contribution < -0.4 is 0 Å². The topological polar surface area (TPSA) is 36.9 Å². The van der Waals surface area contributed by atoms with Crippen LogP contribution in [0, 0.1) is 11.3 Å². The summed E-state index contributed by atoms with van der Waals surface area (Å²) in [5, 5.41) is 9.62. The Balaban J connectivity index is 2.60. The summed E-state index contributed by atoms with van der Waals surface area (Å²) in [5.41, 5.74) is 1.30. The number of aryl methyl sites for hydroxylation is 1. The molecule has 3 heteroatoms. The van der Waals surface area contributed by atoms with E-state index in [1.54, 1.807) is 12.1 Å². The maximum atomic E-state index is 9.03. The van der Waals surface area contributed by atoms with E-state index in [-0.39, 0.29) is 0 Å². The second-order valence-electron chi connectivity index (χ2n) is 3.40. The fourth-order valence-corrected chi connectivity index (χ4v) is 1.77. The molecule has 0 fully saturated rings. The van der Waals surface area contributed by atoms with Gasteiger partial charge in [0.1, 0.15) is 11.8 Å². The Hall–Kier alpha value is -1.72. The molecule has 2 aromatic rings. The number of nitrogens with zero attached hydrogens (tertiary/aromatic N) is 1. The van der Waals surface area contributed by atoms with Crippen molar-refractivity contribution in [2.24, 2.45) is 0 Å². The molecule has 0 amide bonds. The molecule has 1 aromatic heterocycles. The molecule has 2 rings (SSSR count). The van der Waals surface area contributed by atoms with Crippen LogP contribution in [0.15, 0.2) is 34.7 Å². The molecule has 1 heterocycles. The van der Waals surface area contributed by atoms with Gasteiger partial charge >= 0.3 is 0 Å². The molecule has 0 bridgehead atoms. The van der Waals surface area contributed by atoms with Crippen molar-refractivity contribution in [3.05, 3.63) is 46.7 Å². The van der Waals surface area contributed by atoms with Gasteiger partial charge in [-0.25, -0.2) is 0 Å². The van der Waals surface area contributed by atoms with E-state index in [0.717, 1.165) is 17.7 Å². The maximum Gasteiger partial charge on any atom is 0.153 e. The molecule has 0 spiro atoms. The maximum absolute atomic E-state index is 9.03. The molecule has 0 unspecified atom stereocenters. The van der Waals surface area contributed by atoms with Gasteiger partial charge in [-0.1, -0.05) is 30.7 Å². The largest absolute Gasteiger partial charge is 0.460 e. The lowest BCUT2D eigenvalue weighted by Gasteiger charge is -2.00. The molecule has 2 nitrogen and oxygen atoms in total. The summed E-state index contributed by atoms with van der Waals surface area (Å²) in [6.07, 6.45) is 0.763. The van der Waals surface area contributed by atoms with E-state index in [4.69, 9.17) is 21.3 Å².